The third-order valence-electron chi connectivity index (χ3n) is 7.31. The molecule has 2 aromatic heterocycles. The summed E-state index contributed by atoms with van der Waals surface area (Å²) in [5, 5.41) is 14.5. The van der Waals surface area contributed by atoms with Crippen LogP contribution in [-0.4, -0.2) is 31.8 Å². The number of rotatable bonds is 8. The quantitative estimate of drug-likeness (QED) is 0.417. The predicted octanol–water partition coefficient (Wildman–Crippen LogP) is 5.22. The third kappa shape index (κ3) is 4.51. The molecule has 3 N–H and O–H groups in total. The summed E-state index contributed by atoms with van der Waals surface area (Å²) in [7, 11) is 0. The number of nitrogens with two attached hydrogens (primary N) is 1. The fraction of sp³-hybridized carbons (Fsp3) is 0.440. The smallest absolute Gasteiger partial charge is 0.248 e. The Morgan fingerprint density at radius 3 is 2.56 bits per heavy atom. The molecule has 2 aliphatic carbocycles. The van der Waals surface area contributed by atoms with E-state index in [9.17, 15) is 9.59 Å². The number of aromatic nitrogens is 3. The molecule has 2 saturated carbocycles. The lowest BCUT2D eigenvalue weighted by Crippen LogP contribution is -2.25. The fourth-order valence-corrected chi connectivity index (χ4v) is 7.19. The molecule has 9 heteroatoms. The summed E-state index contributed by atoms with van der Waals surface area (Å²) >= 11 is 3.10. The molecule has 2 heterocycles. The first-order valence-corrected chi connectivity index (χ1v) is 13.5. The van der Waals surface area contributed by atoms with Crippen LogP contribution in [0.25, 0.3) is 10.7 Å². The van der Waals surface area contributed by atoms with Crippen molar-refractivity contribution in [2.75, 3.05) is 5.32 Å². The summed E-state index contributed by atoms with van der Waals surface area (Å²) in [6, 6.07) is 11.0. The van der Waals surface area contributed by atoms with E-state index in [1.54, 1.807) is 35.6 Å². The van der Waals surface area contributed by atoms with Crippen LogP contribution in [0, 0.1) is 17.8 Å². The van der Waals surface area contributed by atoms with Crippen LogP contribution in [0.4, 0.5) is 5.69 Å². The summed E-state index contributed by atoms with van der Waals surface area (Å²) in [4.78, 5) is 25.3. The van der Waals surface area contributed by atoms with Crippen LogP contribution in [0.3, 0.4) is 0 Å². The normalized spacial score (nSPS) is 23.1. The van der Waals surface area contributed by atoms with Gasteiger partial charge in [0.1, 0.15) is 0 Å². The Morgan fingerprint density at radius 2 is 1.94 bits per heavy atom. The van der Waals surface area contributed by atoms with E-state index in [2.05, 4.69) is 38.5 Å². The average Bonchev–Trinajstić information content (AvgIpc) is 3.63. The monoisotopic (exact) mass is 495 g/mol. The molecule has 2 aliphatic rings. The van der Waals surface area contributed by atoms with Gasteiger partial charge in [-0.3, -0.25) is 14.2 Å². The van der Waals surface area contributed by atoms with Crippen molar-refractivity contribution in [3.8, 4) is 10.7 Å². The van der Waals surface area contributed by atoms with Crippen LogP contribution < -0.4 is 11.1 Å². The predicted molar refractivity (Wildman–Crippen MR) is 136 cm³/mol. The number of primary amides is 1. The summed E-state index contributed by atoms with van der Waals surface area (Å²) in [5.74, 6) is 2.54. The van der Waals surface area contributed by atoms with Crippen LogP contribution in [0.1, 0.15) is 55.9 Å². The first-order valence-electron chi connectivity index (χ1n) is 11.8. The van der Waals surface area contributed by atoms with Crippen molar-refractivity contribution >= 4 is 40.6 Å². The molecule has 2 amide bonds. The zero-order valence-corrected chi connectivity index (χ0v) is 20.9. The highest BCUT2D eigenvalue weighted by Gasteiger charge is 2.43. The van der Waals surface area contributed by atoms with Gasteiger partial charge in [-0.2, -0.15) is 0 Å². The number of amides is 2. The Bertz CT molecular complexity index is 1170. The lowest BCUT2D eigenvalue weighted by atomic mass is 9.84. The third-order valence-corrected chi connectivity index (χ3v) is 9.24. The first kappa shape index (κ1) is 23.1. The molecule has 0 radical (unpaired) electrons. The SMILES string of the molecule is CC(Sc1nnc(-c2cccs2)n1C(C)C1CC2CCC1C2)C(=O)Nc1ccc(C(N)=O)cc1. The molecule has 2 bridgehead atoms. The summed E-state index contributed by atoms with van der Waals surface area (Å²) in [6.45, 7) is 4.17. The number of benzene rings is 1. The average molecular weight is 496 g/mol. The highest BCUT2D eigenvalue weighted by molar-refractivity contribution is 8.00. The zero-order chi connectivity index (χ0) is 23.8. The van der Waals surface area contributed by atoms with Crippen molar-refractivity contribution in [3.05, 3.63) is 47.3 Å². The Balaban J connectivity index is 1.35. The maximum atomic E-state index is 12.9. The van der Waals surface area contributed by atoms with Gasteiger partial charge in [-0.1, -0.05) is 24.2 Å². The molecular weight excluding hydrogens is 466 g/mol. The van der Waals surface area contributed by atoms with Gasteiger partial charge in [0.05, 0.1) is 10.1 Å². The van der Waals surface area contributed by atoms with Crippen LogP contribution in [0.2, 0.25) is 0 Å². The number of thioether (sulfide) groups is 1. The minimum atomic E-state index is -0.493. The minimum absolute atomic E-state index is 0.128. The Kier molecular flexibility index (Phi) is 6.48. The van der Waals surface area contributed by atoms with Crippen LogP contribution >= 0.6 is 23.1 Å². The standard InChI is InChI=1S/C25H29N5O2S2/c1-14(20-13-16-5-6-18(20)12-16)30-23(21-4-3-11-33-21)28-29-25(30)34-15(2)24(32)27-19-9-7-17(8-10-19)22(26)31/h3-4,7-11,14-16,18,20H,5-6,12-13H2,1-2H3,(H2,26,31)(H,27,32). The number of carbonyl (C=O) groups excluding carboxylic acids is 2. The maximum Gasteiger partial charge on any atom is 0.248 e. The van der Waals surface area contributed by atoms with E-state index >= 15 is 0 Å². The van der Waals surface area contributed by atoms with E-state index in [1.165, 1.54) is 37.4 Å². The van der Waals surface area contributed by atoms with Crippen molar-refractivity contribution in [3.63, 3.8) is 0 Å². The van der Waals surface area contributed by atoms with Gasteiger partial charge < -0.3 is 11.1 Å². The van der Waals surface area contributed by atoms with E-state index < -0.39 is 5.91 Å². The number of thiophene rings is 1. The molecule has 5 atom stereocenters. The van der Waals surface area contributed by atoms with Gasteiger partial charge in [0, 0.05) is 17.3 Å². The number of nitrogens with one attached hydrogen (secondary N) is 1. The number of carbonyl (C=O) groups is 2. The molecular formula is C25H29N5O2S2. The van der Waals surface area contributed by atoms with Crippen molar-refractivity contribution in [2.45, 2.75) is 56.0 Å². The van der Waals surface area contributed by atoms with Crippen molar-refractivity contribution in [1.29, 1.82) is 0 Å². The zero-order valence-electron chi connectivity index (χ0n) is 19.3. The van der Waals surface area contributed by atoms with E-state index in [-0.39, 0.29) is 17.2 Å². The molecule has 0 spiro atoms. The molecule has 34 heavy (non-hydrogen) atoms. The second-order valence-electron chi connectivity index (χ2n) is 9.42. The fourth-order valence-electron chi connectivity index (χ4n) is 5.55. The Labute approximate surface area is 207 Å². The number of hydrogen-bond donors (Lipinski definition) is 2. The number of fused-ring (bicyclic) bond motifs is 2. The number of anilines is 1. The summed E-state index contributed by atoms with van der Waals surface area (Å²) < 4.78 is 2.27. The topological polar surface area (TPSA) is 103 Å². The van der Waals surface area contributed by atoms with Crippen LogP contribution in [-0.2, 0) is 4.79 Å². The molecule has 1 aromatic carbocycles. The van der Waals surface area contributed by atoms with Crippen molar-refractivity contribution in [2.24, 2.45) is 23.5 Å². The highest BCUT2D eigenvalue weighted by Crippen LogP contribution is 2.53. The van der Waals surface area contributed by atoms with Gasteiger partial charge in [-0.25, -0.2) is 0 Å². The summed E-state index contributed by atoms with van der Waals surface area (Å²) in [6.07, 6.45) is 5.32. The van der Waals surface area contributed by atoms with Gasteiger partial charge in [0.25, 0.3) is 0 Å². The first-order chi connectivity index (χ1) is 16.4. The maximum absolute atomic E-state index is 12.9. The van der Waals surface area contributed by atoms with E-state index in [1.807, 2.05) is 13.0 Å². The Morgan fingerprint density at radius 1 is 1.15 bits per heavy atom. The molecule has 5 rings (SSSR count). The molecule has 2 fully saturated rings. The summed E-state index contributed by atoms with van der Waals surface area (Å²) in [5.41, 5.74) is 6.33. The van der Waals surface area contributed by atoms with Gasteiger partial charge in [-0.05, 0) is 86.6 Å². The van der Waals surface area contributed by atoms with Gasteiger partial charge >= 0.3 is 0 Å². The van der Waals surface area contributed by atoms with Gasteiger partial charge in [0.2, 0.25) is 11.8 Å². The molecule has 0 saturated heterocycles. The largest absolute Gasteiger partial charge is 0.366 e. The molecule has 3 aromatic rings. The van der Waals surface area contributed by atoms with Crippen molar-refractivity contribution in [1.82, 2.24) is 14.8 Å². The van der Waals surface area contributed by atoms with E-state index in [0.717, 1.165) is 27.7 Å². The Hall–Kier alpha value is -2.65. The molecule has 5 unspecified atom stereocenters. The van der Waals surface area contributed by atoms with Gasteiger partial charge in [0.15, 0.2) is 11.0 Å². The number of hydrogen-bond acceptors (Lipinski definition) is 6. The molecule has 178 valence electrons. The van der Waals surface area contributed by atoms with Crippen LogP contribution in [0.15, 0.2) is 46.9 Å². The molecule has 7 nitrogen and oxygen atoms in total. The van der Waals surface area contributed by atoms with E-state index in [0.29, 0.717) is 17.2 Å². The highest BCUT2D eigenvalue weighted by atomic mass is 32.2. The van der Waals surface area contributed by atoms with Crippen LogP contribution in [0.5, 0.6) is 0 Å². The van der Waals surface area contributed by atoms with E-state index in [4.69, 9.17) is 5.73 Å². The number of nitrogens with zero attached hydrogens (tertiary/aromatic N) is 3. The molecule has 0 aliphatic heterocycles. The minimum Gasteiger partial charge on any atom is -0.366 e. The van der Waals surface area contributed by atoms with Crippen molar-refractivity contribution < 1.29 is 9.59 Å². The lowest BCUT2D eigenvalue weighted by molar-refractivity contribution is -0.115. The van der Waals surface area contributed by atoms with Gasteiger partial charge in [-0.15, -0.1) is 21.5 Å². The second kappa shape index (κ2) is 9.54. The lowest BCUT2D eigenvalue weighted by Gasteiger charge is -2.30. The second-order valence-corrected chi connectivity index (χ2v) is 11.7.